The summed E-state index contributed by atoms with van der Waals surface area (Å²) in [5, 5.41) is 11.5. The summed E-state index contributed by atoms with van der Waals surface area (Å²) in [7, 11) is 0. The van der Waals surface area contributed by atoms with Gasteiger partial charge in [-0.05, 0) is 38.5 Å². The van der Waals surface area contributed by atoms with Crippen molar-refractivity contribution >= 4 is 17.6 Å². The number of hydrogen-bond acceptors (Lipinski definition) is 3. The molecule has 0 aromatic heterocycles. The molecule has 18 heavy (non-hydrogen) atoms. The minimum absolute atomic E-state index is 0.145. The minimum atomic E-state index is -1.02. The summed E-state index contributed by atoms with van der Waals surface area (Å²) in [5.74, 6) is -1.19. The maximum Gasteiger partial charge on any atom is 0.335 e. The number of carbonyl (C=O) groups is 2. The van der Waals surface area contributed by atoms with Crippen molar-refractivity contribution in [3.05, 3.63) is 29.8 Å². The van der Waals surface area contributed by atoms with Gasteiger partial charge in [0.2, 0.25) is 5.91 Å². The maximum absolute atomic E-state index is 11.6. The minimum Gasteiger partial charge on any atom is -0.478 e. The molecule has 1 aromatic rings. The van der Waals surface area contributed by atoms with Crippen molar-refractivity contribution in [1.29, 1.82) is 0 Å². The topological polar surface area (TPSA) is 92.4 Å². The zero-order chi connectivity index (χ0) is 13.8. The predicted molar refractivity (Wildman–Crippen MR) is 69.5 cm³/mol. The molecule has 0 heterocycles. The molecule has 1 amide bonds. The van der Waals surface area contributed by atoms with Gasteiger partial charge in [0.05, 0.1) is 5.56 Å². The van der Waals surface area contributed by atoms with E-state index >= 15 is 0 Å². The summed E-state index contributed by atoms with van der Waals surface area (Å²) in [5.41, 5.74) is 6.02. The summed E-state index contributed by atoms with van der Waals surface area (Å²) >= 11 is 0. The van der Waals surface area contributed by atoms with Gasteiger partial charge in [-0.25, -0.2) is 4.79 Å². The van der Waals surface area contributed by atoms with Crippen molar-refractivity contribution in [3.63, 3.8) is 0 Å². The van der Waals surface area contributed by atoms with Crippen LogP contribution in [0, 0.1) is 0 Å². The standard InChI is InChI=1S/C13H18N2O3/c1-13(2,14)7-6-11(16)15-10-5-3-4-9(8-10)12(17)18/h3-5,8H,6-7,14H2,1-2H3,(H,15,16)(H,17,18). The lowest BCUT2D eigenvalue weighted by molar-refractivity contribution is -0.116. The molecular weight excluding hydrogens is 232 g/mol. The van der Waals surface area contributed by atoms with Gasteiger partial charge in [-0.1, -0.05) is 6.07 Å². The Kier molecular flexibility index (Phi) is 4.44. The van der Waals surface area contributed by atoms with E-state index in [0.29, 0.717) is 18.5 Å². The van der Waals surface area contributed by atoms with Crippen LogP contribution in [0.25, 0.3) is 0 Å². The van der Waals surface area contributed by atoms with E-state index in [-0.39, 0.29) is 17.0 Å². The number of nitrogens with one attached hydrogen (secondary N) is 1. The van der Waals surface area contributed by atoms with Gasteiger partial charge in [0.1, 0.15) is 0 Å². The van der Waals surface area contributed by atoms with Crippen LogP contribution in [0.5, 0.6) is 0 Å². The Balaban J connectivity index is 2.59. The summed E-state index contributed by atoms with van der Waals surface area (Å²) in [4.78, 5) is 22.4. The van der Waals surface area contributed by atoms with Crippen LogP contribution in [0.4, 0.5) is 5.69 Å². The molecule has 0 atom stereocenters. The number of rotatable bonds is 5. The number of carboxylic acid groups (broad SMARTS) is 1. The molecular formula is C13H18N2O3. The van der Waals surface area contributed by atoms with Crippen LogP contribution in [0.3, 0.4) is 0 Å². The van der Waals surface area contributed by atoms with E-state index in [4.69, 9.17) is 10.8 Å². The lowest BCUT2D eigenvalue weighted by atomic mass is 10.00. The molecule has 1 aromatic carbocycles. The molecule has 0 fully saturated rings. The summed E-state index contributed by atoms with van der Waals surface area (Å²) in [6.45, 7) is 3.71. The van der Waals surface area contributed by atoms with E-state index in [2.05, 4.69) is 5.32 Å². The molecule has 0 aliphatic rings. The van der Waals surface area contributed by atoms with Crippen molar-refractivity contribution in [2.75, 3.05) is 5.32 Å². The smallest absolute Gasteiger partial charge is 0.335 e. The molecule has 0 bridgehead atoms. The fraction of sp³-hybridized carbons (Fsp3) is 0.385. The molecule has 0 spiro atoms. The number of carbonyl (C=O) groups excluding carboxylic acids is 1. The van der Waals surface area contributed by atoms with E-state index < -0.39 is 5.97 Å². The highest BCUT2D eigenvalue weighted by molar-refractivity contribution is 5.93. The molecule has 0 aliphatic carbocycles. The summed E-state index contributed by atoms with van der Waals surface area (Å²) < 4.78 is 0. The number of hydrogen-bond donors (Lipinski definition) is 3. The van der Waals surface area contributed by atoms with E-state index in [0.717, 1.165) is 0 Å². The van der Waals surface area contributed by atoms with Gasteiger partial charge < -0.3 is 16.2 Å². The highest BCUT2D eigenvalue weighted by atomic mass is 16.4. The fourth-order valence-corrected chi connectivity index (χ4v) is 1.39. The molecule has 5 nitrogen and oxygen atoms in total. The van der Waals surface area contributed by atoms with Crippen LogP contribution < -0.4 is 11.1 Å². The quantitative estimate of drug-likeness (QED) is 0.743. The first-order valence-electron chi connectivity index (χ1n) is 5.70. The lowest BCUT2D eigenvalue weighted by Crippen LogP contribution is -2.33. The normalized spacial score (nSPS) is 11.1. The third-order valence-electron chi connectivity index (χ3n) is 2.39. The first kappa shape index (κ1) is 14.2. The van der Waals surface area contributed by atoms with Crippen LogP contribution in [0.15, 0.2) is 24.3 Å². The van der Waals surface area contributed by atoms with Gasteiger partial charge in [0.15, 0.2) is 0 Å². The Bertz CT molecular complexity index is 450. The van der Waals surface area contributed by atoms with Crippen LogP contribution in [-0.2, 0) is 4.79 Å². The molecule has 0 aliphatic heterocycles. The molecule has 0 saturated heterocycles. The summed E-state index contributed by atoms with van der Waals surface area (Å²) in [6, 6.07) is 6.14. The molecule has 4 N–H and O–H groups in total. The van der Waals surface area contributed by atoms with Gasteiger partial charge in [-0.15, -0.1) is 0 Å². The summed E-state index contributed by atoms with van der Waals surface area (Å²) in [6.07, 6.45) is 0.873. The largest absolute Gasteiger partial charge is 0.478 e. The second kappa shape index (κ2) is 5.64. The number of anilines is 1. The Hall–Kier alpha value is -1.88. The van der Waals surface area contributed by atoms with Crippen molar-refractivity contribution < 1.29 is 14.7 Å². The molecule has 0 radical (unpaired) electrons. The second-order valence-electron chi connectivity index (χ2n) is 4.92. The Morgan fingerprint density at radius 3 is 2.61 bits per heavy atom. The number of carboxylic acids is 1. The number of nitrogens with two attached hydrogens (primary N) is 1. The van der Waals surface area contributed by atoms with Crippen LogP contribution in [0.2, 0.25) is 0 Å². The highest BCUT2D eigenvalue weighted by Gasteiger charge is 2.13. The lowest BCUT2D eigenvalue weighted by Gasteiger charge is -2.17. The van der Waals surface area contributed by atoms with Gasteiger partial charge in [0, 0.05) is 17.6 Å². The van der Waals surface area contributed by atoms with Crippen molar-refractivity contribution in [1.82, 2.24) is 0 Å². The number of benzene rings is 1. The van der Waals surface area contributed by atoms with Crippen LogP contribution >= 0.6 is 0 Å². The number of aromatic carboxylic acids is 1. The monoisotopic (exact) mass is 250 g/mol. The molecule has 0 saturated carbocycles. The average Bonchev–Trinajstić information content (AvgIpc) is 2.26. The van der Waals surface area contributed by atoms with E-state index in [9.17, 15) is 9.59 Å². The first-order valence-corrected chi connectivity index (χ1v) is 5.70. The van der Waals surface area contributed by atoms with E-state index in [1.807, 2.05) is 13.8 Å². The van der Waals surface area contributed by atoms with Gasteiger partial charge >= 0.3 is 5.97 Å². The average molecular weight is 250 g/mol. The molecule has 1 rings (SSSR count). The Labute approximate surface area is 106 Å². The zero-order valence-corrected chi connectivity index (χ0v) is 10.6. The Morgan fingerprint density at radius 1 is 1.39 bits per heavy atom. The van der Waals surface area contributed by atoms with Gasteiger partial charge in [-0.3, -0.25) is 4.79 Å². The van der Waals surface area contributed by atoms with Crippen LogP contribution in [-0.4, -0.2) is 22.5 Å². The first-order chi connectivity index (χ1) is 8.28. The SMILES string of the molecule is CC(C)(N)CCC(=O)Nc1cccc(C(=O)O)c1. The predicted octanol–water partition coefficient (Wildman–Crippen LogP) is 1.84. The second-order valence-corrected chi connectivity index (χ2v) is 4.92. The molecule has 5 heteroatoms. The van der Waals surface area contributed by atoms with E-state index in [1.165, 1.54) is 12.1 Å². The van der Waals surface area contributed by atoms with Crippen molar-refractivity contribution in [2.45, 2.75) is 32.2 Å². The van der Waals surface area contributed by atoms with Gasteiger partial charge in [0.25, 0.3) is 0 Å². The maximum atomic E-state index is 11.6. The van der Waals surface area contributed by atoms with Crippen LogP contribution in [0.1, 0.15) is 37.0 Å². The number of amides is 1. The molecule has 98 valence electrons. The molecule has 0 unspecified atom stereocenters. The third-order valence-corrected chi connectivity index (χ3v) is 2.39. The van der Waals surface area contributed by atoms with Crippen molar-refractivity contribution in [2.24, 2.45) is 5.73 Å². The third kappa shape index (κ3) is 4.97. The van der Waals surface area contributed by atoms with E-state index in [1.54, 1.807) is 12.1 Å². The zero-order valence-electron chi connectivity index (χ0n) is 10.6. The van der Waals surface area contributed by atoms with Gasteiger partial charge in [-0.2, -0.15) is 0 Å². The highest BCUT2D eigenvalue weighted by Crippen LogP contribution is 2.13. The fourth-order valence-electron chi connectivity index (χ4n) is 1.39. The van der Waals surface area contributed by atoms with Crippen molar-refractivity contribution in [3.8, 4) is 0 Å². The Morgan fingerprint density at radius 2 is 2.06 bits per heavy atom.